The van der Waals surface area contributed by atoms with Crippen molar-refractivity contribution >= 4 is 11.9 Å². The van der Waals surface area contributed by atoms with E-state index >= 15 is 0 Å². The molecule has 0 bridgehead atoms. The van der Waals surface area contributed by atoms with Gasteiger partial charge in [0.1, 0.15) is 12.1 Å². The fraction of sp³-hybridized carbons (Fsp3) is 0.680. The van der Waals surface area contributed by atoms with Crippen molar-refractivity contribution in [2.45, 2.75) is 84.8 Å². The van der Waals surface area contributed by atoms with E-state index in [4.69, 9.17) is 4.74 Å². The van der Waals surface area contributed by atoms with Crippen LogP contribution in [0.4, 0.5) is 0 Å². The Morgan fingerprint density at radius 2 is 1.78 bits per heavy atom. The molecular formula is C25H36N2O5. The fourth-order valence-corrected chi connectivity index (χ4v) is 5.70. The van der Waals surface area contributed by atoms with Crippen LogP contribution in [0, 0.1) is 34.3 Å². The summed E-state index contributed by atoms with van der Waals surface area (Å²) in [6.45, 7) is 9.50. The largest absolute Gasteiger partial charge is 0.464 e. The third-order valence-corrected chi connectivity index (χ3v) is 7.12. The number of benzene rings is 1. The number of hydrogen-bond acceptors (Lipinski definition) is 5. The summed E-state index contributed by atoms with van der Waals surface area (Å²) in [4.78, 5) is 41.1. The second-order valence-corrected chi connectivity index (χ2v) is 10.2. The maximum Gasteiger partial charge on any atom is 0.329 e. The van der Waals surface area contributed by atoms with E-state index in [1.54, 1.807) is 11.8 Å². The molecule has 1 aromatic carbocycles. The highest BCUT2D eigenvalue weighted by Crippen LogP contribution is 2.51. The van der Waals surface area contributed by atoms with Crippen LogP contribution in [0.3, 0.4) is 0 Å². The van der Waals surface area contributed by atoms with E-state index in [2.05, 4.69) is 0 Å². The fourth-order valence-electron chi connectivity index (χ4n) is 5.70. The predicted molar refractivity (Wildman–Crippen MR) is 121 cm³/mol. The van der Waals surface area contributed by atoms with Crippen LogP contribution < -0.4 is 0 Å². The first kappa shape index (κ1) is 24.2. The summed E-state index contributed by atoms with van der Waals surface area (Å²) in [5.41, 5.74) is 1.03. The third kappa shape index (κ3) is 4.52. The Balaban J connectivity index is 2.23. The van der Waals surface area contributed by atoms with Crippen molar-refractivity contribution in [1.82, 2.24) is 4.90 Å². The van der Waals surface area contributed by atoms with Gasteiger partial charge in [0.05, 0.1) is 12.5 Å². The van der Waals surface area contributed by atoms with Gasteiger partial charge in [-0.2, -0.15) is 0 Å². The normalized spacial score (nSPS) is 26.7. The van der Waals surface area contributed by atoms with Crippen molar-refractivity contribution in [2.75, 3.05) is 6.61 Å². The molecule has 2 aliphatic rings. The highest BCUT2D eigenvalue weighted by Gasteiger charge is 2.64. The van der Waals surface area contributed by atoms with E-state index in [0.717, 1.165) is 43.2 Å². The van der Waals surface area contributed by atoms with Crippen LogP contribution in [0.25, 0.3) is 0 Å². The van der Waals surface area contributed by atoms with E-state index in [1.807, 2.05) is 52.0 Å². The predicted octanol–water partition coefficient (Wildman–Crippen LogP) is 4.70. The van der Waals surface area contributed by atoms with Crippen LogP contribution >= 0.6 is 0 Å². The smallest absolute Gasteiger partial charge is 0.329 e. The highest BCUT2D eigenvalue weighted by molar-refractivity contribution is 5.88. The molecule has 1 aliphatic heterocycles. The number of ether oxygens (including phenoxy) is 1. The van der Waals surface area contributed by atoms with Crippen LogP contribution in [-0.2, 0) is 14.3 Å². The molecule has 32 heavy (non-hydrogen) atoms. The molecule has 1 saturated heterocycles. The molecule has 0 N–H and O–H groups in total. The molecule has 4 atom stereocenters. The molecule has 176 valence electrons. The molecule has 1 saturated carbocycles. The summed E-state index contributed by atoms with van der Waals surface area (Å²) in [5, 5.41) is 12.5. The lowest BCUT2D eigenvalue weighted by atomic mass is 9.72. The standard InChI is InChI=1S/C25H36N2O5/c1-6-32-24(29)22-19(25(3,4)5)21(27(30)31)20(18-15-11-10-12-16(18)2)26(22)23(28)17-13-8-7-9-14-17/h10-12,15,17,19-22H,6-9,13-14H2,1-5H3/t19-,20-,21-,22-/m0/s1. The molecule has 7 heteroatoms. The molecule has 2 fully saturated rings. The van der Waals surface area contributed by atoms with Gasteiger partial charge in [-0.05, 0) is 43.2 Å². The number of amides is 1. The van der Waals surface area contributed by atoms with Crippen LogP contribution in [0.1, 0.15) is 77.0 Å². The highest BCUT2D eigenvalue weighted by atomic mass is 16.6. The van der Waals surface area contributed by atoms with Gasteiger partial charge in [-0.3, -0.25) is 14.9 Å². The summed E-state index contributed by atoms with van der Waals surface area (Å²) in [5.74, 6) is -1.57. The maximum absolute atomic E-state index is 14.0. The minimum atomic E-state index is -1.10. The molecule has 0 spiro atoms. The van der Waals surface area contributed by atoms with Gasteiger partial charge >= 0.3 is 5.97 Å². The van der Waals surface area contributed by atoms with Gasteiger partial charge < -0.3 is 9.64 Å². The first-order chi connectivity index (χ1) is 15.1. The molecule has 1 aliphatic carbocycles. The Hall–Kier alpha value is -2.44. The van der Waals surface area contributed by atoms with Gasteiger partial charge in [-0.25, -0.2) is 4.79 Å². The average molecular weight is 445 g/mol. The number of carbonyl (C=O) groups excluding carboxylic acids is 2. The summed E-state index contributed by atoms with van der Waals surface area (Å²) in [6, 6.07) is 4.59. The van der Waals surface area contributed by atoms with Gasteiger partial charge in [0.25, 0.3) is 0 Å². The van der Waals surface area contributed by atoms with E-state index in [1.165, 1.54) is 0 Å². The van der Waals surface area contributed by atoms with Gasteiger partial charge in [-0.1, -0.05) is 64.3 Å². The lowest BCUT2D eigenvalue weighted by Crippen LogP contribution is -2.50. The Kier molecular flexibility index (Phi) is 7.25. The molecular weight excluding hydrogens is 408 g/mol. The van der Waals surface area contributed by atoms with Crippen molar-refractivity contribution in [2.24, 2.45) is 17.3 Å². The zero-order valence-corrected chi connectivity index (χ0v) is 19.9. The Labute approximate surface area is 190 Å². The number of hydrogen-bond donors (Lipinski definition) is 0. The van der Waals surface area contributed by atoms with Gasteiger partial charge in [0.15, 0.2) is 0 Å². The first-order valence-corrected chi connectivity index (χ1v) is 11.8. The first-order valence-electron chi connectivity index (χ1n) is 11.8. The monoisotopic (exact) mass is 444 g/mol. The summed E-state index contributed by atoms with van der Waals surface area (Å²) >= 11 is 0. The summed E-state index contributed by atoms with van der Waals surface area (Å²) in [6.07, 6.45) is 4.53. The third-order valence-electron chi connectivity index (χ3n) is 7.12. The molecule has 0 unspecified atom stereocenters. The molecule has 0 aromatic heterocycles. The van der Waals surface area contributed by atoms with Crippen LogP contribution in [0.5, 0.6) is 0 Å². The van der Waals surface area contributed by atoms with Gasteiger partial charge in [-0.15, -0.1) is 0 Å². The number of rotatable bonds is 5. The zero-order chi connectivity index (χ0) is 23.6. The lowest BCUT2D eigenvalue weighted by Gasteiger charge is -2.35. The van der Waals surface area contributed by atoms with Crippen molar-refractivity contribution < 1.29 is 19.2 Å². The Morgan fingerprint density at radius 3 is 2.31 bits per heavy atom. The van der Waals surface area contributed by atoms with Crippen molar-refractivity contribution in [3.63, 3.8) is 0 Å². The second kappa shape index (κ2) is 9.59. The van der Waals surface area contributed by atoms with E-state index in [-0.39, 0.29) is 23.4 Å². The number of esters is 1. The maximum atomic E-state index is 14.0. The Morgan fingerprint density at radius 1 is 1.16 bits per heavy atom. The van der Waals surface area contributed by atoms with Crippen LogP contribution in [0.2, 0.25) is 0 Å². The summed E-state index contributed by atoms with van der Waals surface area (Å²) < 4.78 is 5.41. The zero-order valence-electron chi connectivity index (χ0n) is 19.9. The van der Waals surface area contributed by atoms with Crippen molar-refractivity contribution in [3.8, 4) is 0 Å². The second-order valence-electron chi connectivity index (χ2n) is 10.2. The SMILES string of the molecule is CCOC(=O)[C@@H]1[C@@H](C(C)(C)C)[C@H]([N+](=O)[O-])[C@H](c2ccccc2C)N1C(=O)C1CCCCC1. The Bertz CT molecular complexity index is 856. The van der Waals surface area contributed by atoms with Gasteiger partial charge in [0.2, 0.25) is 11.9 Å². The quantitative estimate of drug-likeness (QED) is 0.373. The number of aryl methyl sites for hydroxylation is 1. The topological polar surface area (TPSA) is 89.8 Å². The van der Waals surface area contributed by atoms with E-state index in [9.17, 15) is 19.7 Å². The number of carbonyl (C=O) groups is 2. The van der Waals surface area contributed by atoms with Crippen LogP contribution in [-0.4, -0.2) is 40.4 Å². The molecule has 0 radical (unpaired) electrons. The molecule has 3 rings (SSSR count). The van der Waals surface area contributed by atoms with Crippen molar-refractivity contribution in [1.29, 1.82) is 0 Å². The van der Waals surface area contributed by atoms with Crippen molar-refractivity contribution in [3.05, 3.63) is 45.5 Å². The lowest BCUT2D eigenvalue weighted by molar-refractivity contribution is -0.536. The molecule has 7 nitrogen and oxygen atoms in total. The molecule has 1 aromatic rings. The van der Waals surface area contributed by atoms with E-state index in [0.29, 0.717) is 0 Å². The van der Waals surface area contributed by atoms with E-state index < -0.39 is 35.4 Å². The minimum absolute atomic E-state index is 0.144. The minimum Gasteiger partial charge on any atom is -0.464 e. The summed E-state index contributed by atoms with van der Waals surface area (Å²) in [7, 11) is 0. The molecule has 1 amide bonds. The number of nitrogens with zero attached hydrogens (tertiary/aromatic N) is 2. The number of likely N-dealkylation sites (tertiary alicyclic amines) is 1. The number of nitro groups is 1. The van der Waals surface area contributed by atoms with Crippen LogP contribution in [0.15, 0.2) is 24.3 Å². The van der Waals surface area contributed by atoms with Gasteiger partial charge in [0, 0.05) is 10.8 Å². The molecule has 1 heterocycles. The average Bonchev–Trinajstić information content (AvgIpc) is 3.11.